The van der Waals surface area contributed by atoms with Gasteiger partial charge in [-0.1, -0.05) is 74.9 Å². The molecule has 2 aromatic rings. The van der Waals surface area contributed by atoms with Gasteiger partial charge in [-0.3, -0.25) is 14.5 Å². The van der Waals surface area contributed by atoms with Gasteiger partial charge in [0.2, 0.25) is 5.91 Å². The summed E-state index contributed by atoms with van der Waals surface area (Å²) in [5.74, 6) is -0.417. The first-order chi connectivity index (χ1) is 14.7. The van der Waals surface area contributed by atoms with Gasteiger partial charge in [0.1, 0.15) is 12.1 Å². The molecular weight excluding hydrogens is 390 g/mol. The van der Waals surface area contributed by atoms with Gasteiger partial charge in [0.15, 0.2) is 0 Å². The molecule has 164 valence electrons. The highest BCUT2D eigenvalue weighted by Crippen LogP contribution is 2.30. The normalized spacial score (nSPS) is 19.5. The number of imide groups is 1. The van der Waals surface area contributed by atoms with E-state index in [9.17, 15) is 14.4 Å². The number of hydrogen-bond acceptors (Lipinski definition) is 3. The Morgan fingerprint density at radius 3 is 2.16 bits per heavy atom. The van der Waals surface area contributed by atoms with Crippen molar-refractivity contribution in [2.45, 2.75) is 58.5 Å². The van der Waals surface area contributed by atoms with Crippen LogP contribution in [-0.4, -0.2) is 29.3 Å². The molecule has 6 nitrogen and oxygen atoms in total. The summed E-state index contributed by atoms with van der Waals surface area (Å²) >= 11 is 0. The second-order valence-corrected chi connectivity index (χ2v) is 8.66. The maximum Gasteiger partial charge on any atom is 0.325 e. The fourth-order valence-electron chi connectivity index (χ4n) is 3.84. The summed E-state index contributed by atoms with van der Waals surface area (Å²) in [6.07, 6.45) is 0.703. The summed E-state index contributed by atoms with van der Waals surface area (Å²) in [4.78, 5) is 39.4. The van der Waals surface area contributed by atoms with Gasteiger partial charge in [-0.25, -0.2) is 4.79 Å². The van der Waals surface area contributed by atoms with Crippen LogP contribution in [0.1, 0.15) is 68.3 Å². The average Bonchev–Trinajstić information content (AvgIpc) is 2.96. The maximum absolute atomic E-state index is 13.1. The monoisotopic (exact) mass is 421 g/mol. The number of nitrogens with one attached hydrogen (secondary N) is 2. The molecule has 6 heteroatoms. The Morgan fingerprint density at radius 1 is 1.03 bits per heavy atom. The standard InChI is InChI=1S/C25H31N3O3/c1-6-21(19-9-7-17(4)8-10-19)26-22(29)15-28-23(30)25(5,27-24(28)31)20-13-11-18(12-14-20)16(2)3/h7-14,16,21H,6,15H2,1-5H3,(H,26,29)(H,27,31)/t21-,25-/m1/s1. The van der Waals surface area contributed by atoms with E-state index in [4.69, 9.17) is 0 Å². The predicted octanol–water partition coefficient (Wildman–Crippen LogP) is 4.15. The van der Waals surface area contributed by atoms with Gasteiger partial charge < -0.3 is 10.6 Å². The Hall–Kier alpha value is -3.15. The number of rotatable bonds is 7. The third kappa shape index (κ3) is 4.63. The molecule has 4 amide bonds. The summed E-state index contributed by atoms with van der Waals surface area (Å²) < 4.78 is 0. The van der Waals surface area contributed by atoms with Crippen molar-refractivity contribution in [2.24, 2.45) is 0 Å². The van der Waals surface area contributed by atoms with E-state index in [1.165, 1.54) is 0 Å². The minimum absolute atomic E-state index is 0.177. The second-order valence-electron chi connectivity index (χ2n) is 8.66. The lowest BCUT2D eigenvalue weighted by molar-refractivity contribution is -0.135. The quantitative estimate of drug-likeness (QED) is 0.659. The van der Waals surface area contributed by atoms with Crippen molar-refractivity contribution in [1.29, 1.82) is 0 Å². The molecule has 2 atom stereocenters. The fraction of sp³-hybridized carbons (Fsp3) is 0.400. The Balaban J connectivity index is 1.71. The molecule has 1 aliphatic rings. The van der Waals surface area contributed by atoms with E-state index in [0.717, 1.165) is 21.6 Å². The molecule has 0 spiro atoms. The summed E-state index contributed by atoms with van der Waals surface area (Å²) in [6.45, 7) is 9.55. The second kappa shape index (κ2) is 8.92. The number of carbonyl (C=O) groups is 3. The SMILES string of the molecule is CC[C@@H](NC(=O)CN1C(=O)N[C@](C)(c2ccc(C(C)C)cc2)C1=O)c1ccc(C)cc1. The van der Waals surface area contributed by atoms with Crippen LogP contribution in [0.4, 0.5) is 4.79 Å². The number of hydrogen-bond donors (Lipinski definition) is 2. The molecule has 0 saturated carbocycles. The fourth-order valence-corrected chi connectivity index (χ4v) is 3.84. The largest absolute Gasteiger partial charge is 0.348 e. The maximum atomic E-state index is 13.1. The zero-order valence-electron chi connectivity index (χ0n) is 18.9. The van der Waals surface area contributed by atoms with Crippen LogP contribution in [0.15, 0.2) is 48.5 Å². The van der Waals surface area contributed by atoms with Crippen LogP contribution in [0.2, 0.25) is 0 Å². The van der Waals surface area contributed by atoms with E-state index >= 15 is 0 Å². The summed E-state index contributed by atoms with van der Waals surface area (Å²) in [5, 5.41) is 5.71. The smallest absolute Gasteiger partial charge is 0.325 e. The van der Waals surface area contributed by atoms with Gasteiger partial charge in [-0.15, -0.1) is 0 Å². The first-order valence-corrected chi connectivity index (χ1v) is 10.8. The van der Waals surface area contributed by atoms with E-state index in [1.807, 2.05) is 62.4 Å². The van der Waals surface area contributed by atoms with Crippen molar-refractivity contribution >= 4 is 17.8 Å². The Labute approximate surface area is 184 Å². The van der Waals surface area contributed by atoms with E-state index in [0.29, 0.717) is 17.9 Å². The van der Waals surface area contributed by atoms with Gasteiger partial charge in [0.25, 0.3) is 5.91 Å². The molecule has 0 bridgehead atoms. The van der Waals surface area contributed by atoms with E-state index < -0.39 is 17.5 Å². The summed E-state index contributed by atoms with van der Waals surface area (Å²) in [5.41, 5.74) is 2.80. The molecule has 2 N–H and O–H groups in total. The zero-order chi connectivity index (χ0) is 22.8. The molecule has 31 heavy (non-hydrogen) atoms. The van der Waals surface area contributed by atoms with Crippen LogP contribution in [0.3, 0.4) is 0 Å². The van der Waals surface area contributed by atoms with Crippen molar-refractivity contribution < 1.29 is 14.4 Å². The van der Waals surface area contributed by atoms with Crippen molar-refractivity contribution in [3.63, 3.8) is 0 Å². The lowest BCUT2D eigenvalue weighted by Crippen LogP contribution is -2.43. The minimum atomic E-state index is -1.19. The van der Waals surface area contributed by atoms with E-state index in [1.54, 1.807) is 6.92 Å². The van der Waals surface area contributed by atoms with Crippen LogP contribution in [0.5, 0.6) is 0 Å². The minimum Gasteiger partial charge on any atom is -0.348 e. The Morgan fingerprint density at radius 2 is 1.61 bits per heavy atom. The van der Waals surface area contributed by atoms with Gasteiger partial charge >= 0.3 is 6.03 Å². The average molecular weight is 422 g/mol. The number of benzene rings is 2. The van der Waals surface area contributed by atoms with Crippen molar-refractivity contribution in [1.82, 2.24) is 15.5 Å². The van der Waals surface area contributed by atoms with Crippen LogP contribution < -0.4 is 10.6 Å². The predicted molar refractivity (Wildman–Crippen MR) is 120 cm³/mol. The molecule has 1 saturated heterocycles. The van der Waals surface area contributed by atoms with Crippen LogP contribution in [-0.2, 0) is 15.1 Å². The van der Waals surface area contributed by atoms with Gasteiger partial charge in [0.05, 0.1) is 6.04 Å². The molecule has 1 heterocycles. The molecule has 0 radical (unpaired) electrons. The summed E-state index contributed by atoms with van der Waals surface area (Å²) in [7, 11) is 0. The molecule has 0 aliphatic carbocycles. The number of nitrogens with zero attached hydrogens (tertiary/aromatic N) is 1. The summed E-state index contributed by atoms with van der Waals surface area (Å²) in [6, 6.07) is 14.9. The molecule has 0 aromatic heterocycles. The molecule has 3 rings (SSSR count). The van der Waals surface area contributed by atoms with Crippen LogP contribution >= 0.6 is 0 Å². The van der Waals surface area contributed by atoms with Crippen molar-refractivity contribution in [3.05, 3.63) is 70.8 Å². The lowest BCUT2D eigenvalue weighted by Gasteiger charge is -2.23. The topological polar surface area (TPSA) is 78.5 Å². The Bertz CT molecular complexity index is 967. The highest BCUT2D eigenvalue weighted by atomic mass is 16.2. The third-order valence-electron chi connectivity index (χ3n) is 5.95. The van der Waals surface area contributed by atoms with Crippen LogP contribution in [0.25, 0.3) is 0 Å². The van der Waals surface area contributed by atoms with E-state index in [-0.39, 0.29) is 18.5 Å². The highest BCUT2D eigenvalue weighted by Gasteiger charge is 2.49. The molecular formula is C25H31N3O3. The molecule has 0 unspecified atom stereocenters. The van der Waals surface area contributed by atoms with Gasteiger partial charge in [0, 0.05) is 0 Å². The highest BCUT2D eigenvalue weighted by molar-refractivity contribution is 6.09. The number of aryl methyl sites for hydroxylation is 1. The Kier molecular flexibility index (Phi) is 6.48. The zero-order valence-corrected chi connectivity index (χ0v) is 18.9. The van der Waals surface area contributed by atoms with E-state index in [2.05, 4.69) is 24.5 Å². The molecule has 2 aromatic carbocycles. The lowest BCUT2D eigenvalue weighted by atomic mass is 9.90. The van der Waals surface area contributed by atoms with Crippen molar-refractivity contribution in [3.8, 4) is 0 Å². The van der Waals surface area contributed by atoms with Gasteiger partial charge in [-0.05, 0) is 42.9 Å². The van der Waals surface area contributed by atoms with Gasteiger partial charge in [-0.2, -0.15) is 0 Å². The number of amides is 4. The first kappa shape index (κ1) is 22.5. The molecule has 1 aliphatic heterocycles. The molecule has 1 fully saturated rings. The van der Waals surface area contributed by atoms with Crippen LogP contribution in [0, 0.1) is 6.92 Å². The first-order valence-electron chi connectivity index (χ1n) is 10.8. The van der Waals surface area contributed by atoms with Crippen molar-refractivity contribution in [2.75, 3.05) is 6.54 Å². The number of urea groups is 1. The number of carbonyl (C=O) groups excluding carboxylic acids is 3. The third-order valence-corrected chi connectivity index (χ3v) is 5.95.